The van der Waals surface area contributed by atoms with Gasteiger partial charge in [0, 0.05) is 19.6 Å². The van der Waals surface area contributed by atoms with Gasteiger partial charge in [-0.1, -0.05) is 24.3 Å². The monoisotopic (exact) mass is 414 g/mol. The van der Waals surface area contributed by atoms with Crippen molar-refractivity contribution >= 4 is 22.5 Å². The number of likely N-dealkylation sites (N-methyl/N-ethyl adjacent to an activating group) is 1. The first kappa shape index (κ1) is 20.3. The van der Waals surface area contributed by atoms with Crippen molar-refractivity contribution in [2.24, 2.45) is 0 Å². The fraction of sp³-hybridized carbons (Fsp3) is 0.217. The molecule has 1 N–H and O–H groups in total. The minimum Gasteiger partial charge on any atom is -0.333 e. The fourth-order valence-corrected chi connectivity index (χ4v) is 3.48. The summed E-state index contributed by atoms with van der Waals surface area (Å²) in [6, 6.07) is 16.4. The fourth-order valence-electron chi connectivity index (χ4n) is 3.48. The summed E-state index contributed by atoms with van der Waals surface area (Å²) in [4.78, 5) is 32.6. The Morgan fingerprint density at radius 1 is 1.13 bits per heavy atom. The van der Waals surface area contributed by atoms with E-state index in [-0.39, 0.29) is 11.5 Å². The van der Waals surface area contributed by atoms with E-state index in [1.165, 1.54) is 6.20 Å². The zero-order valence-corrected chi connectivity index (χ0v) is 17.4. The van der Waals surface area contributed by atoms with Crippen LogP contribution in [0.3, 0.4) is 0 Å². The standard InChI is InChI=1S/C23H22N6O2/c1-27(2)11-12-28(15-17-9-7-16(13-24)8-10-17)23(31)19-14-25-29-20-6-4-3-5-18(20)22(30)26-21(19)29/h3-10,14H,11-12,15H2,1-2H3,(H,26,30). The number of rotatable bonds is 6. The number of H-pyrrole nitrogens is 1. The molecule has 0 fully saturated rings. The van der Waals surface area contributed by atoms with E-state index in [9.17, 15) is 9.59 Å². The molecular weight excluding hydrogens is 392 g/mol. The summed E-state index contributed by atoms with van der Waals surface area (Å²) >= 11 is 0. The number of para-hydroxylation sites is 1. The van der Waals surface area contributed by atoms with Crippen LogP contribution < -0.4 is 5.56 Å². The third-order valence-electron chi connectivity index (χ3n) is 5.17. The minimum atomic E-state index is -0.260. The first-order chi connectivity index (χ1) is 15.0. The molecule has 0 aliphatic carbocycles. The predicted octanol–water partition coefficient (Wildman–Crippen LogP) is 2.25. The number of nitriles is 1. The van der Waals surface area contributed by atoms with Crippen LogP contribution >= 0.6 is 0 Å². The van der Waals surface area contributed by atoms with Crippen LogP contribution in [0.5, 0.6) is 0 Å². The number of aromatic nitrogens is 3. The Morgan fingerprint density at radius 2 is 1.87 bits per heavy atom. The van der Waals surface area contributed by atoms with Crippen molar-refractivity contribution in [2.75, 3.05) is 27.2 Å². The summed E-state index contributed by atoms with van der Waals surface area (Å²) in [6.45, 7) is 1.56. The maximum Gasteiger partial charge on any atom is 0.259 e. The number of hydrogen-bond acceptors (Lipinski definition) is 5. The van der Waals surface area contributed by atoms with E-state index in [0.29, 0.717) is 47.3 Å². The quantitative estimate of drug-likeness (QED) is 0.522. The Balaban J connectivity index is 1.72. The molecule has 0 radical (unpaired) electrons. The van der Waals surface area contributed by atoms with Gasteiger partial charge in [0.25, 0.3) is 11.5 Å². The lowest BCUT2D eigenvalue weighted by molar-refractivity contribution is 0.0733. The Labute approximate surface area is 178 Å². The number of nitrogens with zero attached hydrogens (tertiary/aromatic N) is 5. The molecule has 156 valence electrons. The zero-order chi connectivity index (χ0) is 22.0. The number of aromatic amines is 1. The number of carbonyl (C=O) groups is 1. The van der Waals surface area contributed by atoms with Crippen molar-refractivity contribution in [1.82, 2.24) is 24.4 Å². The van der Waals surface area contributed by atoms with Crippen molar-refractivity contribution in [1.29, 1.82) is 5.26 Å². The average Bonchev–Trinajstić information content (AvgIpc) is 3.20. The summed E-state index contributed by atoms with van der Waals surface area (Å²) in [7, 11) is 3.90. The van der Waals surface area contributed by atoms with Gasteiger partial charge in [0.05, 0.1) is 28.7 Å². The van der Waals surface area contributed by atoms with Crippen LogP contribution in [0.4, 0.5) is 0 Å². The van der Waals surface area contributed by atoms with E-state index in [1.54, 1.807) is 39.7 Å². The number of benzene rings is 2. The van der Waals surface area contributed by atoms with Gasteiger partial charge in [-0.05, 0) is 43.9 Å². The molecule has 8 heteroatoms. The Kier molecular flexibility index (Phi) is 5.52. The van der Waals surface area contributed by atoms with Gasteiger partial charge in [0.15, 0.2) is 0 Å². The van der Waals surface area contributed by atoms with E-state index in [1.807, 2.05) is 37.2 Å². The molecule has 2 aromatic heterocycles. The van der Waals surface area contributed by atoms with Gasteiger partial charge in [0.2, 0.25) is 0 Å². The highest BCUT2D eigenvalue weighted by atomic mass is 16.2. The van der Waals surface area contributed by atoms with E-state index in [4.69, 9.17) is 5.26 Å². The summed E-state index contributed by atoms with van der Waals surface area (Å²) in [5.74, 6) is -0.216. The largest absolute Gasteiger partial charge is 0.333 e. The SMILES string of the molecule is CN(C)CCN(Cc1ccc(C#N)cc1)C(=O)c1cnn2c1[nH]c(=O)c1ccccc12. The molecular formula is C23H22N6O2. The van der Waals surface area contributed by atoms with Crippen molar-refractivity contribution in [3.63, 3.8) is 0 Å². The van der Waals surface area contributed by atoms with Crippen LogP contribution in [0.2, 0.25) is 0 Å². The van der Waals surface area contributed by atoms with E-state index >= 15 is 0 Å². The van der Waals surface area contributed by atoms with Crippen LogP contribution in [0, 0.1) is 11.3 Å². The Bertz CT molecular complexity index is 1340. The average molecular weight is 414 g/mol. The lowest BCUT2D eigenvalue weighted by Gasteiger charge is -2.24. The van der Waals surface area contributed by atoms with Gasteiger partial charge in [0.1, 0.15) is 11.2 Å². The number of amides is 1. The molecule has 8 nitrogen and oxygen atoms in total. The molecule has 0 aliphatic rings. The smallest absolute Gasteiger partial charge is 0.259 e. The molecule has 2 heterocycles. The highest BCUT2D eigenvalue weighted by molar-refractivity contribution is 6.00. The molecule has 0 bridgehead atoms. The van der Waals surface area contributed by atoms with Gasteiger partial charge >= 0.3 is 0 Å². The number of nitrogens with one attached hydrogen (secondary N) is 1. The summed E-state index contributed by atoms with van der Waals surface area (Å²) in [5, 5.41) is 13.9. The normalized spacial score (nSPS) is 11.2. The number of carbonyl (C=O) groups excluding carboxylic acids is 1. The lowest BCUT2D eigenvalue weighted by atomic mass is 10.1. The van der Waals surface area contributed by atoms with E-state index in [2.05, 4.69) is 16.2 Å². The highest BCUT2D eigenvalue weighted by Gasteiger charge is 2.22. The second-order valence-electron chi connectivity index (χ2n) is 7.63. The first-order valence-electron chi connectivity index (χ1n) is 9.89. The maximum atomic E-state index is 13.5. The molecule has 1 amide bonds. The molecule has 0 saturated heterocycles. The number of fused-ring (bicyclic) bond motifs is 3. The Hall–Kier alpha value is -3.96. The lowest BCUT2D eigenvalue weighted by Crippen LogP contribution is -2.36. The van der Waals surface area contributed by atoms with Crippen LogP contribution in [0.25, 0.3) is 16.6 Å². The first-order valence-corrected chi connectivity index (χ1v) is 9.89. The van der Waals surface area contributed by atoms with E-state index in [0.717, 1.165) is 5.56 Å². The minimum absolute atomic E-state index is 0.216. The zero-order valence-electron chi connectivity index (χ0n) is 17.4. The summed E-state index contributed by atoms with van der Waals surface area (Å²) in [6.07, 6.45) is 1.50. The maximum absolute atomic E-state index is 13.5. The molecule has 0 spiro atoms. The summed E-state index contributed by atoms with van der Waals surface area (Å²) < 4.78 is 1.59. The van der Waals surface area contributed by atoms with Crippen LogP contribution in [0.1, 0.15) is 21.5 Å². The van der Waals surface area contributed by atoms with Gasteiger partial charge in [-0.15, -0.1) is 0 Å². The molecule has 0 atom stereocenters. The van der Waals surface area contributed by atoms with Gasteiger partial charge in [-0.25, -0.2) is 4.52 Å². The second kappa shape index (κ2) is 8.42. The molecule has 2 aromatic carbocycles. The summed E-state index contributed by atoms with van der Waals surface area (Å²) in [5.41, 5.74) is 2.60. The van der Waals surface area contributed by atoms with Crippen LogP contribution in [-0.4, -0.2) is 57.5 Å². The third-order valence-corrected chi connectivity index (χ3v) is 5.17. The van der Waals surface area contributed by atoms with Gasteiger partial charge in [-0.2, -0.15) is 10.4 Å². The topological polar surface area (TPSA) is 97.5 Å². The second-order valence-corrected chi connectivity index (χ2v) is 7.63. The van der Waals surface area contributed by atoms with Gasteiger partial charge in [-0.3, -0.25) is 9.59 Å². The molecule has 4 rings (SSSR count). The van der Waals surface area contributed by atoms with Crippen molar-refractivity contribution in [2.45, 2.75) is 6.54 Å². The van der Waals surface area contributed by atoms with Crippen molar-refractivity contribution < 1.29 is 4.79 Å². The van der Waals surface area contributed by atoms with Crippen molar-refractivity contribution in [3.05, 3.63) is 81.8 Å². The van der Waals surface area contributed by atoms with E-state index < -0.39 is 0 Å². The molecule has 0 aliphatic heterocycles. The van der Waals surface area contributed by atoms with Crippen LogP contribution in [-0.2, 0) is 6.54 Å². The molecule has 4 aromatic rings. The molecule has 31 heavy (non-hydrogen) atoms. The Morgan fingerprint density at radius 3 is 2.58 bits per heavy atom. The van der Waals surface area contributed by atoms with Crippen LogP contribution in [0.15, 0.2) is 59.5 Å². The third kappa shape index (κ3) is 4.04. The predicted molar refractivity (Wildman–Crippen MR) is 118 cm³/mol. The molecule has 0 unspecified atom stereocenters. The van der Waals surface area contributed by atoms with Crippen molar-refractivity contribution in [3.8, 4) is 6.07 Å². The number of hydrogen-bond donors (Lipinski definition) is 1. The van der Waals surface area contributed by atoms with Gasteiger partial charge < -0.3 is 14.8 Å². The molecule has 0 saturated carbocycles. The highest BCUT2D eigenvalue weighted by Crippen LogP contribution is 2.17.